The first-order valence-electron chi connectivity index (χ1n) is 15.0. The number of pyridine rings is 1. The maximum absolute atomic E-state index is 13.6. The second kappa shape index (κ2) is 15.4. The van der Waals surface area contributed by atoms with Crippen molar-refractivity contribution in [2.24, 2.45) is 0 Å². The van der Waals surface area contributed by atoms with Crippen molar-refractivity contribution in [2.75, 3.05) is 51.3 Å². The molecule has 0 bridgehead atoms. The van der Waals surface area contributed by atoms with Gasteiger partial charge in [-0.05, 0) is 68.1 Å². The van der Waals surface area contributed by atoms with Crippen molar-refractivity contribution in [3.63, 3.8) is 0 Å². The minimum atomic E-state index is -1.08. The zero-order valence-corrected chi connectivity index (χ0v) is 28.5. The molecule has 3 amide bonds. The van der Waals surface area contributed by atoms with Crippen LogP contribution in [0, 0.1) is 11.3 Å². The largest absolute Gasteiger partial charge is 0.467 e. The normalized spacial score (nSPS) is 10.9. The van der Waals surface area contributed by atoms with Gasteiger partial charge in [0.05, 0.1) is 16.1 Å². The lowest BCUT2D eigenvalue weighted by Crippen LogP contribution is -2.48. The highest BCUT2D eigenvalue weighted by Crippen LogP contribution is 2.37. The summed E-state index contributed by atoms with van der Waals surface area (Å²) in [6.45, 7) is 5.51. The van der Waals surface area contributed by atoms with E-state index in [0.29, 0.717) is 44.3 Å². The number of carbonyl (C=O) groups excluding carboxylic acids is 2. The van der Waals surface area contributed by atoms with Gasteiger partial charge in [-0.15, -0.1) is 11.3 Å². The Labute approximate surface area is 283 Å². The van der Waals surface area contributed by atoms with E-state index in [-0.39, 0.29) is 31.3 Å². The molecule has 3 N–H and O–H groups in total. The van der Waals surface area contributed by atoms with Crippen LogP contribution in [0.5, 0.6) is 5.75 Å². The number of thiophene rings is 1. The molecule has 0 aliphatic heterocycles. The van der Waals surface area contributed by atoms with Crippen LogP contribution in [-0.2, 0) is 4.74 Å². The number of hydrogen-bond donors (Lipinski definition) is 3. The summed E-state index contributed by atoms with van der Waals surface area (Å²) in [6.07, 6.45) is -1.08. The van der Waals surface area contributed by atoms with Gasteiger partial charge in [0, 0.05) is 56.6 Å². The topological polar surface area (TPSA) is 157 Å². The number of carbonyl (C=O) groups is 3. The van der Waals surface area contributed by atoms with Crippen molar-refractivity contribution < 1.29 is 29.0 Å². The molecule has 4 aromatic rings. The number of nitriles is 1. The number of ether oxygens (including phenoxy) is 2. The third-order valence-electron chi connectivity index (χ3n) is 7.30. The van der Waals surface area contributed by atoms with Gasteiger partial charge in [-0.2, -0.15) is 5.26 Å². The molecule has 4 rings (SSSR count). The van der Waals surface area contributed by atoms with Crippen LogP contribution in [0.4, 0.5) is 16.3 Å². The predicted octanol–water partition coefficient (Wildman–Crippen LogP) is 6.16. The van der Waals surface area contributed by atoms with Gasteiger partial charge < -0.3 is 35.0 Å². The average molecular weight is 671 g/mol. The molecule has 48 heavy (non-hydrogen) atoms. The van der Waals surface area contributed by atoms with Crippen molar-refractivity contribution in [2.45, 2.75) is 26.3 Å². The minimum Gasteiger partial charge on any atom is -0.467 e. The number of nitrogens with one attached hydrogen (secondary N) is 2. The molecule has 0 saturated heterocycles. The van der Waals surface area contributed by atoms with Crippen LogP contribution >= 0.6 is 11.3 Å². The van der Waals surface area contributed by atoms with Crippen LogP contribution in [0.1, 0.15) is 46.4 Å². The van der Waals surface area contributed by atoms with Gasteiger partial charge in [0.1, 0.15) is 17.4 Å². The Kier molecular flexibility index (Phi) is 11.4. The first kappa shape index (κ1) is 35.4. The Balaban J connectivity index is 1.83. The van der Waals surface area contributed by atoms with E-state index in [2.05, 4.69) is 16.7 Å². The highest BCUT2D eigenvalue weighted by Gasteiger charge is 2.26. The van der Waals surface area contributed by atoms with Crippen LogP contribution in [-0.4, -0.2) is 79.5 Å². The summed E-state index contributed by atoms with van der Waals surface area (Å²) < 4.78 is 10.9. The van der Waals surface area contributed by atoms with Gasteiger partial charge in [-0.1, -0.05) is 24.3 Å². The summed E-state index contributed by atoms with van der Waals surface area (Å²) in [5, 5.41) is 27.5. The maximum Gasteiger partial charge on any atom is 0.407 e. The second-order valence-corrected chi connectivity index (χ2v) is 12.8. The molecule has 0 aliphatic rings. The first-order chi connectivity index (χ1) is 22.8. The van der Waals surface area contributed by atoms with Gasteiger partial charge >= 0.3 is 6.09 Å². The Morgan fingerprint density at radius 2 is 1.77 bits per heavy atom. The summed E-state index contributed by atoms with van der Waals surface area (Å²) in [5.41, 5.74) is 2.33. The van der Waals surface area contributed by atoms with Crippen LogP contribution in [0.25, 0.3) is 22.4 Å². The highest BCUT2D eigenvalue weighted by molar-refractivity contribution is 7.12. The highest BCUT2D eigenvalue weighted by atomic mass is 32.1. The Bertz CT molecular complexity index is 1830. The molecular weight excluding hydrogens is 632 g/mol. The van der Waals surface area contributed by atoms with E-state index >= 15 is 0 Å². The van der Waals surface area contributed by atoms with E-state index in [1.54, 1.807) is 99.7 Å². The average Bonchev–Trinajstić information content (AvgIpc) is 3.60. The van der Waals surface area contributed by atoms with E-state index in [1.165, 1.54) is 23.3 Å². The number of anilines is 2. The van der Waals surface area contributed by atoms with Crippen molar-refractivity contribution >= 4 is 40.7 Å². The molecule has 0 unspecified atom stereocenters. The monoisotopic (exact) mass is 670 g/mol. The van der Waals surface area contributed by atoms with Crippen LogP contribution in [0.2, 0.25) is 0 Å². The van der Waals surface area contributed by atoms with Crippen LogP contribution in [0.3, 0.4) is 0 Å². The number of methoxy groups -OCH3 is 1. The van der Waals surface area contributed by atoms with Gasteiger partial charge in [0.25, 0.3) is 11.8 Å². The van der Waals surface area contributed by atoms with Gasteiger partial charge in [-0.25, -0.2) is 9.78 Å². The molecule has 0 spiro atoms. The van der Waals surface area contributed by atoms with E-state index < -0.39 is 23.4 Å². The molecule has 2 aromatic carbocycles. The standard InChI is InChI=1S/C35H38N6O6S/c1-35(2,3)41(34(44)45)16-15-37-32(42)25-18-22(13-14-28(25)40(4)5)24-19-27(23-10-7-8-11-29(23)47-21-46-6)38-31(26(24)20-36)39-33(43)30-12-9-17-48-30/h7-14,17-19H,15-16,21H2,1-6H3,(H,37,42)(H,44,45)(H,38,39,43). The summed E-state index contributed by atoms with van der Waals surface area (Å²) in [4.78, 5) is 46.8. The predicted molar refractivity (Wildman–Crippen MR) is 186 cm³/mol. The SMILES string of the molecule is COCOc1ccccc1-c1cc(-c2ccc(N(C)C)c(C(=O)NCCN(C(=O)O)C(C)(C)C)c2)c(C#N)c(NC(=O)c2cccs2)n1. The third-order valence-corrected chi connectivity index (χ3v) is 8.17. The lowest BCUT2D eigenvalue weighted by molar-refractivity contribution is 0.0515. The fourth-order valence-corrected chi connectivity index (χ4v) is 5.61. The molecule has 13 heteroatoms. The summed E-state index contributed by atoms with van der Waals surface area (Å²) in [6, 6.07) is 19.8. The first-order valence-corrected chi connectivity index (χ1v) is 15.8. The quantitative estimate of drug-likeness (QED) is 0.150. The lowest BCUT2D eigenvalue weighted by atomic mass is 9.95. The maximum atomic E-state index is 13.6. The molecule has 2 heterocycles. The molecule has 0 aliphatic carbocycles. The number of para-hydroxylation sites is 1. The van der Waals surface area contributed by atoms with E-state index in [9.17, 15) is 24.8 Å². The zero-order chi connectivity index (χ0) is 35.0. The number of carboxylic acid groups (broad SMARTS) is 1. The molecule has 2 aromatic heterocycles. The number of hydrogen-bond acceptors (Lipinski definition) is 9. The zero-order valence-electron chi connectivity index (χ0n) is 27.7. The fraction of sp³-hybridized carbons (Fsp3) is 0.286. The van der Waals surface area contributed by atoms with E-state index in [4.69, 9.17) is 14.5 Å². The van der Waals surface area contributed by atoms with Crippen molar-refractivity contribution in [1.29, 1.82) is 5.26 Å². The molecule has 0 atom stereocenters. The summed E-state index contributed by atoms with van der Waals surface area (Å²) >= 11 is 1.26. The Morgan fingerprint density at radius 1 is 1.02 bits per heavy atom. The van der Waals surface area contributed by atoms with Crippen molar-refractivity contribution in [3.05, 3.63) is 82.0 Å². The molecule has 12 nitrogen and oxygen atoms in total. The third kappa shape index (κ3) is 8.28. The number of aromatic nitrogens is 1. The molecule has 0 radical (unpaired) electrons. The van der Waals surface area contributed by atoms with E-state index in [0.717, 1.165) is 0 Å². The summed E-state index contributed by atoms with van der Waals surface area (Å²) in [5.74, 6) is -0.317. The van der Waals surface area contributed by atoms with Gasteiger partial charge in [0.15, 0.2) is 12.6 Å². The molecular formula is C35H38N6O6S. The number of nitrogens with zero attached hydrogens (tertiary/aromatic N) is 4. The Hall–Kier alpha value is -5.45. The second-order valence-electron chi connectivity index (χ2n) is 11.9. The molecule has 0 fully saturated rings. The molecule has 0 saturated carbocycles. The van der Waals surface area contributed by atoms with Crippen LogP contribution in [0.15, 0.2) is 66.0 Å². The minimum absolute atomic E-state index is 0.00737. The van der Waals surface area contributed by atoms with E-state index in [1.807, 2.05) is 6.07 Å². The number of amides is 3. The molecule has 250 valence electrons. The van der Waals surface area contributed by atoms with Crippen molar-refractivity contribution in [1.82, 2.24) is 15.2 Å². The van der Waals surface area contributed by atoms with Gasteiger partial charge in [-0.3, -0.25) is 9.59 Å². The van der Waals surface area contributed by atoms with Crippen LogP contribution < -0.4 is 20.3 Å². The number of rotatable bonds is 12. The fourth-order valence-electron chi connectivity index (χ4n) is 4.99. The Morgan fingerprint density at radius 3 is 2.40 bits per heavy atom. The van der Waals surface area contributed by atoms with Crippen molar-refractivity contribution in [3.8, 4) is 34.2 Å². The number of benzene rings is 2. The van der Waals surface area contributed by atoms with Gasteiger partial charge in [0.2, 0.25) is 0 Å². The summed E-state index contributed by atoms with van der Waals surface area (Å²) in [7, 11) is 5.12. The lowest BCUT2D eigenvalue weighted by Gasteiger charge is -2.33. The smallest absolute Gasteiger partial charge is 0.407 e.